The number of rotatable bonds is 6. The summed E-state index contributed by atoms with van der Waals surface area (Å²) in [5.41, 5.74) is 0.274. The summed E-state index contributed by atoms with van der Waals surface area (Å²) < 4.78 is 5.15. The Morgan fingerprint density at radius 3 is 2.44 bits per heavy atom. The average Bonchev–Trinajstić information content (AvgIpc) is 3.07. The lowest BCUT2D eigenvalue weighted by Gasteiger charge is -2.19. The summed E-state index contributed by atoms with van der Waals surface area (Å²) in [5.74, 6) is -1.46. The van der Waals surface area contributed by atoms with Crippen LogP contribution >= 0.6 is 11.6 Å². The molecule has 0 unspecified atom stereocenters. The number of carbonyl (C=O) groups excluding carboxylic acids is 3. The van der Waals surface area contributed by atoms with Gasteiger partial charge in [-0.1, -0.05) is 36.6 Å². The zero-order valence-electron chi connectivity index (χ0n) is 14.4. The maximum Gasteiger partial charge on any atom is 0.329 e. The fourth-order valence-electron chi connectivity index (χ4n) is 2.70. The van der Waals surface area contributed by atoms with Crippen molar-refractivity contribution in [3.8, 4) is 0 Å². The van der Waals surface area contributed by atoms with Crippen LogP contribution in [-0.2, 0) is 14.3 Å². The molecule has 1 aromatic rings. The van der Waals surface area contributed by atoms with Gasteiger partial charge in [0.1, 0.15) is 6.04 Å². The van der Waals surface area contributed by atoms with Crippen molar-refractivity contribution < 1.29 is 19.1 Å². The fourth-order valence-corrected chi connectivity index (χ4v) is 2.92. The van der Waals surface area contributed by atoms with E-state index in [9.17, 15) is 14.4 Å². The molecule has 0 aliphatic heterocycles. The molecule has 1 aromatic carbocycles. The lowest BCUT2D eigenvalue weighted by atomic mass is 10.2. The van der Waals surface area contributed by atoms with E-state index in [0.29, 0.717) is 5.02 Å². The van der Waals surface area contributed by atoms with Crippen molar-refractivity contribution in [2.24, 2.45) is 0 Å². The first kappa shape index (κ1) is 19.2. The Morgan fingerprint density at radius 1 is 1.16 bits per heavy atom. The van der Waals surface area contributed by atoms with Gasteiger partial charge in [0, 0.05) is 6.04 Å². The standard InChI is InChI=1S/C18H23ClN2O4/c1-11(20-17(23)14-9-5-6-10-15(14)19)18(24)25-12(2)16(22)21-13-7-3-4-8-13/h5-6,9-13H,3-4,7-8H2,1-2H3,(H,20,23)(H,21,22)/t11-,12+/m0/s1. The second kappa shape index (κ2) is 8.85. The summed E-state index contributed by atoms with van der Waals surface area (Å²) in [6, 6.07) is 5.81. The number of carbonyl (C=O) groups is 3. The summed E-state index contributed by atoms with van der Waals surface area (Å²) >= 11 is 5.96. The van der Waals surface area contributed by atoms with Gasteiger partial charge >= 0.3 is 5.97 Å². The summed E-state index contributed by atoms with van der Waals surface area (Å²) in [6.45, 7) is 3.02. The SMILES string of the molecule is C[C@H](NC(=O)c1ccccc1Cl)C(=O)O[C@H](C)C(=O)NC1CCCC1. The van der Waals surface area contributed by atoms with Crippen molar-refractivity contribution in [2.45, 2.75) is 57.7 Å². The van der Waals surface area contributed by atoms with Crippen molar-refractivity contribution in [1.29, 1.82) is 0 Å². The van der Waals surface area contributed by atoms with Gasteiger partial charge in [-0.05, 0) is 38.8 Å². The Hall–Kier alpha value is -2.08. The first-order valence-electron chi connectivity index (χ1n) is 8.44. The van der Waals surface area contributed by atoms with Gasteiger partial charge < -0.3 is 15.4 Å². The molecule has 0 radical (unpaired) electrons. The molecular weight excluding hydrogens is 344 g/mol. The Morgan fingerprint density at radius 2 is 1.80 bits per heavy atom. The second-order valence-corrected chi connectivity index (χ2v) is 6.65. The minimum atomic E-state index is -0.909. The van der Waals surface area contributed by atoms with Crippen molar-refractivity contribution >= 4 is 29.4 Å². The monoisotopic (exact) mass is 366 g/mol. The maximum atomic E-state index is 12.1. The zero-order valence-corrected chi connectivity index (χ0v) is 15.1. The molecule has 1 fully saturated rings. The van der Waals surface area contributed by atoms with E-state index in [1.807, 2.05) is 0 Å². The highest BCUT2D eigenvalue weighted by atomic mass is 35.5. The third kappa shape index (κ3) is 5.46. The van der Waals surface area contributed by atoms with E-state index in [-0.39, 0.29) is 17.5 Å². The zero-order chi connectivity index (χ0) is 18.4. The third-order valence-electron chi connectivity index (χ3n) is 4.18. The van der Waals surface area contributed by atoms with Crippen LogP contribution in [0.2, 0.25) is 5.02 Å². The average molecular weight is 367 g/mol. The van der Waals surface area contributed by atoms with E-state index in [1.54, 1.807) is 24.3 Å². The Balaban J connectivity index is 1.83. The topological polar surface area (TPSA) is 84.5 Å². The first-order chi connectivity index (χ1) is 11.9. The van der Waals surface area contributed by atoms with E-state index in [0.717, 1.165) is 25.7 Å². The van der Waals surface area contributed by atoms with Gasteiger partial charge in [0.2, 0.25) is 0 Å². The third-order valence-corrected chi connectivity index (χ3v) is 4.51. The van der Waals surface area contributed by atoms with E-state index in [2.05, 4.69) is 10.6 Å². The number of hydrogen-bond donors (Lipinski definition) is 2. The van der Waals surface area contributed by atoms with Gasteiger partial charge in [-0.25, -0.2) is 4.79 Å². The number of benzene rings is 1. The van der Waals surface area contributed by atoms with Gasteiger partial charge in [-0.2, -0.15) is 0 Å². The van der Waals surface area contributed by atoms with Gasteiger partial charge in [-0.15, -0.1) is 0 Å². The van der Waals surface area contributed by atoms with E-state index in [4.69, 9.17) is 16.3 Å². The molecule has 136 valence electrons. The molecule has 1 aliphatic rings. The smallest absolute Gasteiger partial charge is 0.329 e. The van der Waals surface area contributed by atoms with Crippen LogP contribution in [0.3, 0.4) is 0 Å². The van der Waals surface area contributed by atoms with Crippen LogP contribution in [0.25, 0.3) is 0 Å². The predicted molar refractivity (Wildman–Crippen MR) is 94.3 cm³/mol. The highest BCUT2D eigenvalue weighted by Crippen LogP contribution is 2.18. The van der Waals surface area contributed by atoms with Crippen molar-refractivity contribution in [3.05, 3.63) is 34.9 Å². The molecule has 0 bridgehead atoms. The molecule has 0 aromatic heterocycles. The van der Waals surface area contributed by atoms with Crippen LogP contribution in [0.5, 0.6) is 0 Å². The van der Waals surface area contributed by atoms with Gasteiger partial charge in [-0.3, -0.25) is 9.59 Å². The summed E-state index contributed by atoms with van der Waals surface area (Å²) in [6.07, 6.45) is 3.20. The number of nitrogens with one attached hydrogen (secondary N) is 2. The quantitative estimate of drug-likeness (QED) is 0.757. The Bertz CT molecular complexity index is 644. The largest absolute Gasteiger partial charge is 0.451 e. The molecule has 0 heterocycles. The molecule has 6 nitrogen and oxygen atoms in total. The normalized spacial score (nSPS) is 16.8. The number of amides is 2. The first-order valence-corrected chi connectivity index (χ1v) is 8.82. The summed E-state index contributed by atoms with van der Waals surface area (Å²) in [7, 11) is 0. The van der Waals surface area contributed by atoms with Crippen LogP contribution in [0.15, 0.2) is 24.3 Å². The molecule has 2 amide bonds. The lowest BCUT2D eigenvalue weighted by Crippen LogP contribution is -2.45. The lowest BCUT2D eigenvalue weighted by molar-refractivity contribution is -0.156. The number of hydrogen-bond acceptors (Lipinski definition) is 4. The van der Waals surface area contributed by atoms with Gasteiger partial charge in [0.25, 0.3) is 11.8 Å². The molecular formula is C18H23ClN2O4. The van der Waals surface area contributed by atoms with Gasteiger partial charge in [0.15, 0.2) is 6.10 Å². The number of ether oxygens (including phenoxy) is 1. The highest BCUT2D eigenvalue weighted by molar-refractivity contribution is 6.33. The van der Waals surface area contributed by atoms with Crippen molar-refractivity contribution in [3.63, 3.8) is 0 Å². The molecule has 7 heteroatoms. The number of esters is 1. The Labute approximate surface area is 152 Å². The second-order valence-electron chi connectivity index (χ2n) is 6.24. The van der Waals surface area contributed by atoms with Crippen LogP contribution in [-0.4, -0.2) is 36.0 Å². The van der Waals surface area contributed by atoms with Crippen LogP contribution in [0, 0.1) is 0 Å². The van der Waals surface area contributed by atoms with Crippen LogP contribution in [0.4, 0.5) is 0 Å². The molecule has 2 rings (SSSR count). The molecule has 2 atom stereocenters. The molecule has 25 heavy (non-hydrogen) atoms. The Kier molecular flexibility index (Phi) is 6.82. The van der Waals surface area contributed by atoms with Crippen molar-refractivity contribution in [1.82, 2.24) is 10.6 Å². The molecule has 0 spiro atoms. The fraction of sp³-hybridized carbons (Fsp3) is 0.500. The minimum absolute atomic E-state index is 0.158. The molecule has 2 N–H and O–H groups in total. The predicted octanol–water partition coefficient (Wildman–Crippen LogP) is 2.45. The molecule has 1 aliphatic carbocycles. The highest BCUT2D eigenvalue weighted by Gasteiger charge is 2.26. The number of halogens is 1. The van der Waals surface area contributed by atoms with Crippen LogP contribution in [0.1, 0.15) is 49.9 Å². The van der Waals surface area contributed by atoms with E-state index >= 15 is 0 Å². The summed E-state index contributed by atoms with van der Waals surface area (Å²) in [5, 5.41) is 5.70. The van der Waals surface area contributed by atoms with E-state index in [1.165, 1.54) is 13.8 Å². The van der Waals surface area contributed by atoms with Gasteiger partial charge in [0.05, 0.1) is 10.6 Å². The maximum absolute atomic E-state index is 12.1. The summed E-state index contributed by atoms with van der Waals surface area (Å²) in [4.78, 5) is 36.3. The van der Waals surface area contributed by atoms with Crippen molar-refractivity contribution in [2.75, 3.05) is 0 Å². The minimum Gasteiger partial charge on any atom is -0.451 e. The molecule has 0 saturated heterocycles. The van der Waals surface area contributed by atoms with E-state index < -0.39 is 24.0 Å². The van der Waals surface area contributed by atoms with Crippen LogP contribution < -0.4 is 10.6 Å². The molecule has 1 saturated carbocycles.